The van der Waals surface area contributed by atoms with E-state index in [1.807, 2.05) is 17.5 Å². The quantitative estimate of drug-likeness (QED) is 0.637. The van der Waals surface area contributed by atoms with Crippen molar-refractivity contribution in [2.45, 2.75) is 38.1 Å². The van der Waals surface area contributed by atoms with E-state index in [9.17, 15) is 9.59 Å². The maximum absolute atomic E-state index is 12.3. The van der Waals surface area contributed by atoms with Crippen molar-refractivity contribution in [2.75, 3.05) is 13.1 Å². The zero-order valence-corrected chi connectivity index (χ0v) is 16.7. The lowest BCUT2D eigenvalue weighted by Crippen LogP contribution is -2.46. The minimum Gasteiger partial charge on any atom is -0.472 e. The van der Waals surface area contributed by atoms with E-state index < -0.39 is 0 Å². The van der Waals surface area contributed by atoms with Crippen LogP contribution in [0, 0.1) is 0 Å². The molecule has 3 aromatic heterocycles. The first-order chi connectivity index (χ1) is 14.2. The Labute approximate surface area is 171 Å². The summed E-state index contributed by atoms with van der Waals surface area (Å²) in [5.41, 5.74) is 0.566. The number of nitrogens with one attached hydrogen (secondary N) is 1. The van der Waals surface area contributed by atoms with Crippen LogP contribution in [0.15, 0.2) is 45.0 Å². The summed E-state index contributed by atoms with van der Waals surface area (Å²) in [5.74, 6) is 1.14. The van der Waals surface area contributed by atoms with Crippen LogP contribution in [0.4, 0.5) is 0 Å². The Hall–Kier alpha value is -2.94. The van der Waals surface area contributed by atoms with Gasteiger partial charge in [0.05, 0.1) is 16.7 Å². The van der Waals surface area contributed by atoms with Crippen molar-refractivity contribution in [2.24, 2.45) is 0 Å². The summed E-state index contributed by atoms with van der Waals surface area (Å²) in [7, 11) is 0. The van der Waals surface area contributed by atoms with Crippen molar-refractivity contribution in [1.82, 2.24) is 20.4 Å². The number of thiophene rings is 1. The average molecular weight is 414 g/mol. The Bertz CT molecular complexity index is 928. The van der Waals surface area contributed by atoms with Crippen LogP contribution in [-0.2, 0) is 11.2 Å². The summed E-state index contributed by atoms with van der Waals surface area (Å²) >= 11 is 1.56. The van der Waals surface area contributed by atoms with E-state index >= 15 is 0 Å². The fraction of sp³-hybridized carbons (Fsp3) is 0.400. The van der Waals surface area contributed by atoms with E-state index in [1.54, 1.807) is 22.3 Å². The summed E-state index contributed by atoms with van der Waals surface area (Å²) in [6.45, 7) is 1.25. The number of carbonyl (C=O) groups is 2. The molecule has 0 unspecified atom stereocenters. The molecule has 4 rings (SSSR count). The first-order valence-electron chi connectivity index (χ1n) is 9.66. The molecule has 29 heavy (non-hydrogen) atoms. The zero-order chi connectivity index (χ0) is 20.1. The van der Waals surface area contributed by atoms with Crippen molar-refractivity contribution < 1.29 is 18.5 Å². The van der Waals surface area contributed by atoms with Crippen LogP contribution >= 0.6 is 11.3 Å². The molecule has 1 fully saturated rings. The molecule has 9 heteroatoms. The molecule has 1 saturated heterocycles. The van der Waals surface area contributed by atoms with Gasteiger partial charge in [-0.05, 0) is 36.8 Å². The van der Waals surface area contributed by atoms with Gasteiger partial charge in [-0.25, -0.2) is 0 Å². The lowest BCUT2D eigenvalue weighted by atomic mass is 10.0. The van der Waals surface area contributed by atoms with Crippen molar-refractivity contribution in [3.63, 3.8) is 0 Å². The first-order valence-corrected chi connectivity index (χ1v) is 10.5. The molecule has 8 nitrogen and oxygen atoms in total. The largest absolute Gasteiger partial charge is 0.472 e. The molecule has 1 aliphatic heterocycles. The summed E-state index contributed by atoms with van der Waals surface area (Å²) in [6.07, 6.45) is 6.09. The summed E-state index contributed by atoms with van der Waals surface area (Å²) in [6, 6.07) is 5.66. The van der Waals surface area contributed by atoms with Gasteiger partial charge in [0.2, 0.25) is 17.6 Å². The average Bonchev–Trinajstić information content (AvgIpc) is 3.50. The monoisotopic (exact) mass is 414 g/mol. The third-order valence-electron chi connectivity index (χ3n) is 4.92. The van der Waals surface area contributed by atoms with Crippen molar-refractivity contribution >= 4 is 23.2 Å². The molecule has 1 aliphatic rings. The van der Waals surface area contributed by atoms with Crippen LogP contribution in [0.5, 0.6) is 0 Å². The van der Waals surface area contributed by atoms with Gasteiger partial charge < -0.3 is 19.2 Å². The maximum atomic E-state index is 12.3. The summed E-state index contributed by atoms with van der Waals surface area (Å²) < 4.78 is 10.2. The van der Waals surface area contributed by atoms with Crippen LogP contribution in [0.2, 0.25) is 0 Å². The van der Waals surface area contributed by atoms with Gasteiger partial charge in [0, 0.05) is 32.0 Å². The molecule has 152 valence electrons. The number of hydrogen-bond acceptors (Lipinski definition) is 7. The minimum absolute atomic E-state index is 0.0163. The Kier molecular flexibility index (Phi) is 6.04. The van der Waals surface area contributed by atoms with E-state index in [1.165, 1.54) is 12.5 Å². The van der Waals surface area contributed by atoms with Crippen LogP contribution in [0.25, 0.3) is 10.7 Å². The maximum Gasteiger partial charge on any atom is 0.257 e. The predicted octanol–water partition coefficient (Wildman–Crippen LogP) is 3.13. The second-order valence-electron chi connectivity index (χ2n) is 6.99. The summed E-state index contributed by atoms with van der Waals surface area (Å²) in [4.78, 5) is 31.7. The van der Waals surface area contributed by atoms with Gasteiger partial charge in [-0.3, -0.25) is 9.59 Å². The Morgan fingerprint density at radius 2 is 2.14 bits per heavy atom. The fourth-order valence-electron chi connectivity index (χ4n) is 3.36. The Morgan fingerprint density at radius 3 is 2.86 bits per heavy atom. The fourth-order valence-corrected chi connectivity index (χ4v) is 4.01. The molecule has 0 aromatic carbocycles. The SMILES string of the molecule is O=C(CCCc1nc(-c2cccs2)no1)NC1CCN(C(=O)c2ccoc2)CC1. The molecule has 0 saturated carbocycles. The highest BCUT2D eigenvalue weighted by Crippen LogP contribution is 2.21. The van der Waals surface area contributed by atoms with Gasteiger partial charge in [0.15, 0.2) is 0 Å². The lowest BCUT2D eigenvalue weighted by molar-refractivity contribution is -0.122. The molecule has 0 radical (unpaired) electrons. The number of furan rings is 1. The number of likely N-dealkylation sites (tertiary alicyclic amines) is 1. The minimum atomic E-state index is -0.0231. The van der Waals surface area contributed by atoms with Gasteiger partial charge in [-0.15, -0.1) is 11.3 Å². The van der Waals surface area contributed by atoms with Crippen LogP contribution in [-0.4, -0.2) is 46.0 Å². The van der Waals surface area contributed by atoms with Gasteiger partial charge in [-0.2, -0.15) is 4.98 Å². The highest BCUT2D eigenvalue weighted by Gasteiger charge is 2.25. The van der Waals surface area contributed by atoms with Crippen molar-refractivity contribution in [1.29, 1.82) is 0 Å². The van der Waals surface area contributed by atoms with E-state index in [2.05, 4.69) is 15.5 Å². The van der Waals surface area contributed by atoms with Gasteiger partial charge >= 0.3 is 0 Å². The molecule has 0 spiro atoms. The third-order valence-corrected chi connectivity index (χ3v) is 5.79. The summed E-state index contributed by atoms with van der Waals surface area (Å²) in [5, 5.41) is 9.01. The number of aryl methyl sites for hydroxylation is 1. The van der Waals surface area contributed by atoms with Gasteiger partial charge in [0.1, 0.15) is 6.26 Å². The number of piperidine rings is 1. The van der Waals surface area contributed by atoms with Crippen molar-refractivity contribution in [3.05, 3.63) is 47.6 Å². The normalized spacial score (nSPS) is 14.8. The number of hydrogen-bond donors (Lipinski definition) is 1. The van der Waals surface area contributed by atoms with Crippen molar-refractivity contribution in [3.8, 4) is 10.7 Å². The molecule has 0 atom stereocenters. The predicted molar refractivity (Wildman–Crippen MR) is 106 cm³/mol. The number of aromatic nitrogens is 2. The molecule has 0 aliphatic carbocycles. The van der Waals surface area contributed by atoms with E-state index in [4.69, 9.17) is 8.94 Å². The number of carbonyl (C=O) groups excluding carboxylic acids is 2. The second-order valence-corrected chi connectivity index (χ2v) is 7.94. The van der Waals surface area contributed by atoms with E-state index in [-0.39, 0.29) is 17.9 Å². The zero-order valence-electron chi connectivity index (χ0n) is 15.9. The first kappa shape index (κ1) is 19.4. The van der Waals surface area contributed by atoms with E-state index in [0.717, 1.165) is 17.7 Å². The topological polar surface area (TPSA) is 101 Å². The molecular formula is C20H22N4O4S. The number of rotatable bonds is 7. The highest BCUT2D eigenvalue weighted by molar-refractivity contribution is 7.13. The molecular weight excluding hydrogens is 392 g/mol. The van der Waals surface area contributed by atoms with E-state index in [0.29, 0.717) is 49.6 Å². The third kappa shape index (κ3) is 4.92. The van der Waals surface area contributed by atoms with Gasteiger partial charge in [0.25, 0.3) is 5.91 Å². The number of nitrogens with zero attached hydrogens (tertiary/aromatic N) is 3. The molecule has 3 aromatic rings. The molecule has 0 bridgehead atoms. The van der Waals surface area contributed by atoms with Crippen LogP contribution in [0.3, 0.4) is 0 Å². The van der Waals surface area contributed by atoms with Crippen LogP contribution in [0.1, 0.15) is 41.9 Å². The van der Waals surface area contributed by atoms with Crippen LogP contribution < -0.4 is 5.32 Å². The Balaban J connectivity index is 1.16. The smallest absolute Gasteiger partial charge is 0.257 e. The molecule has 2 amide bonds. The van der Waals surface area contributed by atoms with Gasteiger partial charge in [-0.1, -0.05) is 11.2 Å². The molecule has 1 N–H and O–H groups in total. The lowest BCUT2D eigenvalue weighted by Gasteiger charge is -2.32. The molecule has 4 heterocycles. The standard InChI is InChI=1S/C20H22N4O4S/c25-17(4-1-5-18-22-19(23-28-18)16-3-2-12-29-16)21-15-6-9-24(10-7-15)20(26)14-8-11-27-13-14/h2-3,8,11-13,15H,1,4-7,9-10H2,(H,21,25). The highest BCUT2D eigenvalue weighted by atomic mass is 32.1. The second kappa shape index (κ2) is 9.04. The number of amides is 2. The Morgan fingerprint density at radius 1 is 1.28 bits per heavy atom.